The van der Waals surface area contributed by atoms with Gasteiger partial charge >= 0.3 is 0 Å². The van der Waals surface area contributed by atoms with Crippen molar-refractivity contribution in [1.82, 2.24) is 10.2 Å². The lowest BCUT2D eigenvalue weighted by Gasteiger charge is -2.27. The molecule has 0 aliphatic carbocycles. The Bertz CT molecular complexity index is 436. The summed E-state index contributed by atoms with van der Waals surface area (Å²) in [5.41, 5.74) is -0.960. The van der Waals surface area contributed by atoms with Crippen molar-refractivity contribution in [2.24, 2.45) is 0 Å². The van der Waals surface area contributed by atoms with Crippen LogP contribution in [0.25, 0.3) is 0 Å². The van der Waals surface area contributed by atoms with Gasteiger partial charge in [0.05, 0.1) is 5.60 Å². The molecule has 0 amide bonds. The van der Waals surface area contributed by atoms with Crippen molar-refractivity contribution in [2.75, 3.05) is 27.2 Å². The van der Waals surface area contributed by atoms with Crippen LogP contribution in [0.15, 0.2) is 12.1 Å². The molecule has 0 radical (unpaired) electrons. The second-order valence-corrected chi connectivity index (χ2v) is 5.20. The van der Waals surface area contributed by atoms with Crippen molar-refractivity contribution in [3.63, 3.8) is 0 Å². The van der Waals surface area contributed by atoms with Crippen LogP contribution in [-0.2, 0) is 6.54 Å². The van der Waals surface area contributed by atoms with Crippen molar-refractivity contribution >= 4 is 0 Å². The van der Waals surface area contributed by atoms with E-state index in [9.17, 15) is 18.3 Å². The van der Waals surface area contributed by atoms with Crippen molar-refractivity contribution in [2.45, 2.75) is 19.1 Å². The molecule has 0 saturated carbocycles. The van der Waals surface area contributed by atoms with Gasteiger partial charge in [0.15, 0.2) is 11.6 Å². The summed E-state index contributed by atoms with van der Waals surface area (Å²) in [6, 6.07) is 1.34. The maximum atomic E-state index is 13.3. The average Bonchev–Trinajstić information content (AvgIpc) is 2.23. The molecule has 0 fully saturated rings. The minimum Gasteiger partial charge on any atom is -0.388 e. The zero-order valence-corrected chi connectivity index (χ0v) is 11.3. The Balaban J connectivity index is 2.56. The maximum absolute atomic E-state index is 13.3. The first-order chi connectivity index (χ1) is 8.71. The highest BCUT2D eigenvalue weighted by Crippen LogP contribution is 2.13. The molecule has 0 aliphatic rings. The molecule has 19 heavy (non-hydrogen) atoms. The lowest BCUT2D eigenvalue weighted by atomic mass is 10.1. The number of likely N-dealkylation sites (N-methyl/N-ethyl adjacent to an activating group) is 1. The molecular formula is C13H19F3N2O. The number of aliphatic hydroxyl groups is 1. The number of benzene rings is 1. The van der Waals surface area contributed by atoms with Gasteiger partial charge in [-0.15, -0.1) is 0 Å². The van der Waals surface area contributed by atoms with Gasteiger partial charge in [-0.3, -0.25) is 0 Å². The summed E-state index contributed by atoms with van der Waals surface area (Å²) < 4.78 is 39.0. The second kappa shape index (κ2) is 6.36. The van der Waals surface area contributed by atoms with Gasteiger partial charge in [-0.1, -0.05) is 0 Å². The number of nitrogens with zero attached hydrogens (tertiary/aromatic N) is 1. The van der Waals surface area contributed by atoms with E-state index in [0.717, 1.165) is 6.07 Å². The van der Waals surface area contributed by atoms with Crippen LogP contribution in [-0.4, -0.2) is 42.8 Å². The average molecular weight is 276 g/mol. The summed E-state index contributed by atoms with van der Waals surface area (Å²) in [4.78, 5) is 1.82. The minimum absolute atomic E-state index is 0.0204. The smallest absolute Gasteiger partial charge is 0.161 e. The first kappa shape index (κ1) is 15.9. The van der Waals surface area contributed by atoms with E-state index < -0.39 is 23.1 Å². The molecule has 1 atom stereocenters. The topological polar surface area (TPSA) is 35.5 Å². The lowest BCUT2D eigenvalue weighted by molar-refractivity contribution is 0.0335. The van der Waals surface area contributed by atoms with Crippen LogP contribution >= 0.6 is 0 Å². The largest absolute Gasteiger partial charge is 0.388 e. The number of nitrogens with one attached hydrogen (secondary N) is 1. The summed E-state index contributed by atoms with van der Waals surface area (Å²) in [5, 5.41) is 12.8. The fraction of sp³-hybridized carbons (Fsp3) is 0.538. The van der Waals surface area contributed by atoms with Crippen LogP contribution in [0.5, 0.6) is 0 Å². The third-order valence-corrected chi connectivity index (χ3v) is 2.57. The maximum Gasteiger partial charge on any atom is 0.161 e. The summed E-state index contributed by atoms with van der Waals surface area (Å²) in [6.07, 6.45) is 0. The molecule has 1 aromatic rings. The summed E-state index contributed by atoms with van der Waals surface area (Å²) >= 11 is 0. The van der Waals surface area contributed by atoms with Gasteiger partial charge in [0.25, 0.3) is 0 Å². The zero-order chi connectivity index (χ0) is 14.6. The molecule has 6 heteroatoms. The van der Waals surface area contributed by atoms with Crippen molar-refractivity contribution in [1.29, 1.82) is 0 Å². The Kier molecular flexibility index (Phi) is 5.34. The predicted molar refractivity (Wildman–Crippen MR) is 67.2 cm³/mol. The number of hydrogen-bond acceptors (Lipinski definition) is 3. The minimum atomic E-state index is -1.21. The molecule has 0 aromatic heterocycles. The van der Waals surface area contributed by atoms with E-state index in [4.69, 9.17) is 0 Å². The van der Waals surface area contributed by atoms with Crippen molar-refractivity contribution in [3.8, 4) is 0 Å². The van der Waals surface area contributed by atoms with Crippen LogP contribution in [0.1, 0.15) is 12.5 Å². The van der Waals surface area contributed by atoms with Crippen LogP contribution in [0.2, 0.25) is 0 Å². The molecule has 108 valence electrons. The highest BCUT2D eigenvalue weighted by Gasteiger charge is 2.21. The van der Waals surface area contributed by atoms with Gasteiger partial charge in [0, 0.05) is 31.3 Å². The highest BCUT2D eigenvalue weighted by atomic mass is 19.2. The molecule has 1 unspecified atom stereocenters. The van der Waals surface area contributed by atoms with E-state index in [2.05, 4.69) is 5.32 Å². The van der Waals surface area contributed by atoms with Gasteiger partial charge in [-0.25, -0.2) is 13.2 Å². The van der Waals surface area contributed by atoms with Crippen LogP contribution in [0.4, 0.5) is 13.2 Å². The molecular weight excluding hydrogens is 257 g/mol. The quantitative estimate of drug-likeness (QED) is 0.773. The summed E-state index contributed by atoms with van der Waals surface area (Å²) in [7, 11) is 3.65. The van der Waals surface area contributed by atoms with E-state index in [1.54, 1.807) is 6.92 Å². The monoisotopic (exact) mass is 276 g/mol. The molecule has 2 N–H and O–H groups in total. The number of halogens is 3. The first-order valence-corrected chi connectivity index (χ1v) is 5.92. The van der Waals surface area contributed by atoms with Gasteiger partial charge < -0.3 is 15.3 Å². The van der Waals surface area contributed by atoms with Crippen molar-refractivity contribution in [3.05, 3.63) is 35.1 Å². The zero-order valence-electron chi connectivity index (χ0n) is 11.3. The fourth-order valence-electron chi connectivity index (χ4n) is 1.90. The Morgan fingerprint density at radius 2 is 1.74 bits per heavy atom. The van der Waals surface area contributed by atoms with Crippen LogP contribution in [0.3, 0.4) is 0 Å². The Morgan fingerprint density at radius 3 is 2.32 bits per heavy atom. The van der Waals surface area contributed by atoms with E-state index in [1.807, 2.05) is 19.0 Å². The molecule has 0 saturated heterocycles. The fourth-order valence-corrected chi connectivity index (χ4v) is 1.90. The van der Waals surface area contributed by atoms with E-state index >= 15 is 0 Å². The normalized spacial score (nSPS) is 14.7. The Labute approximate surface area is 111 Å². The highest BCUT2D eigenvalue weighted by molar-refractivity contribution is 5.19. The molecule has 1 aromatic carbocycles. The Morgan fingerprint density at radius 1 is 1.16 bits per heavy atom. The lowest BCUT2D eigenvalue weighted by Crippen LogP contribution is -2.45. The second-order valence-electron chi connectivity index (χ2n) is 5.20. The molecule has 0 spiro atoms. The third kappa shape index (κ3) is 5.18. The molecule has 0 bridgehead atoms. The molecule has 0 heterocycles. The van der Waals surface area contributed by atoms with E-state index in [0.29, 0.717) is 12.6 Å². The summed E-state index contributed by atoms with van der Waals surface area (Å²) in [5.74, 6) is -3.10. The van der Waals surface area contributed by atoms with Gasteiger partial charge in [-0.2, -0.15) is 0 Å². The van der Waals surface area contributed by atoms with Crippen LogP contribution < -0.4 is 5.32 Å². The first-order valence-electron chi connectivity index (χ1n) is 5.92. The van der Waals surface area contributed by atoms with Crippen LogP contribution in [0, 0.1) is 17.5 Å². The SMILES string of the molecule is CN(C)CC(C)(O)CNCc1cc(F)c(F)cc1F. The molecule has 1 rings (SSSR count). The Hall–Kier alpha value is -1.11. The standard InChI is InChI=1S/C13H19F3N2O/c1-13(19,8-18(2)3)7-17-6-9-4-11(15)12(16)5-10(9)14/h4-5,17,19H,6-8H2,1-3H3. The van der Waals surface area contributed by atoms with E-state index in [-0.39, 0.29) is 18.7 Å². The summed E-state index contributed by atoms with van der Waals surface area (Å²) in [6.45, 7) is 2.30. The number of hydrogen-bond donors (Lipinski definition) is 2. The predicted octanol–water partition coefficient (Wildman–Crippen LogP) is 1.51. The van der Waals surface area contributed by atoms with Gasteiger partial charge in [0.2, 0.25) is 0 Å². The molecule has 0 aliphatic heterocycles. The number of rotatable bonds is 6. The van der Waals surface area contributed by atoms with Gasteiger partial charge in [0.1, 0.15) is 5.82 Å². The molecule has 3 nitrogen and oxygen atoms in total. The van der Waals surface area contributed by atoms with E-state index in [1.165, 1.54) is 0 Å². The third-order valence-electron chi connectivity index (χ3n) is 2.57. The van der Waals surface area contributed by atoms with Crippen molar-refractivity contribution < 1.29 is 18.3 Å². The van der Waals surface area contributed by atoms with Gasteiger partial charge in [-0.05, 0) is 27.1 Å².